The second kappa shape index (κ2) is 8.15. The lowest BCUT2D eigenvalue weighted by molar-refractivity contribution is -0.117. The van der Waals surface area contributed by atoms with Crippen LogP contribution in [0.2, 0.25) is 0 Å². The number of benzene rings is 2. The van der Waals surface area contributed by atoms with Gasteiger partial charge in [0.1, 0.15) is 0 Å². The maximum atomic E-state index is 12.6. The van der Waals surface area contributed by atoms with Crippen molar-refractivity contribution in [3.63, 3.8) is 0 Å². The minimum Gasteiger partial charge on any atom is -0.462 e. The fourth-order valence-electron chi connectivity index (χ4n) is 3.39. The van der Waals surface area contributed by atoms with Crippen LogP contribution in [0.15, 0.2) is 48.5 Å². The first-order valence-electron chi connectivity index (χ1n) is 8.98. The van der Waals surface area contributed by atoms with Gasteiger partial charge in [-0.3, -0.25) is 9.69 Å². The molecule has 1 aliphatic heterocycles. The summed E-state index contributed by atoms with van der Waals surface area (Å²) in [4.78, 5) is 26.8. The number of nitrogens with zero attached hydrogens (tertiary/aromatic N) is 1. The molecule has 0 radical (unpaired) electrons. The maximum Gasteiger partial charge on any atom is 0.340 e. The number of para-hydroxylation sites is 1. The van der Waals surface area contributed by atoms with E-state index in [1.165, 1.54) is 11.1 Å². The van der Waals surface area contributed by atoms with Crippen molar-refractivity contribution in [1.29, 1.82) is 0 Å². The number of amides is 1. The third-order valence-electron chi connectivity index (χ3n) is 4.76. The van der Waals surface area contributed by atoms with Crippen LogP contribution in [0.5, 0.6) is 0 Å². The number of ether oxygens (including phenoxy) is 1. The molecule has 2 aromatic carbocycles. The quantitative estimate of drug-likeness (QED) is 0.838. The largest absolute Gasteiger partial charge is 0.462 e. The first-order valence-corrected chi connectivity index (χ1v) is 8.98. The molecule has 1 aliphatic rings. The van der Waals surface area contributed by atoms with Gasteiger partial charge in [0, 0.05) is 12.6 Å². The summed E-state index contributed by atoms with van der Waals surface area (Å²) in [5.41, 5.74) is 3.49. The van der Waals surface area contributed by atoms with E-state index in [9.17, 15) is 9.59 Å². The van der Waals surface area contributed by atoms with Gasteiger partial charge in [-0.1, -0.05) is 36.4 Å². The lowest BCUT2D eigenvalue weighted by Crippen LogP contribution is -2.39. The highest BCUT2D eigenvalue weighted by molar-refractivity contribution is 6.01. The third-order valence-corrected chi connectivity index (χ3v) is 4.76. The molecule has 2 aromatic rings. The SMILES string of the molecule is CCOC(=O)c1ccccc1NC(=O)CN1CCc2ccccc2C1C. The first-order chi connectivity index (χ1) is 12.6. The van der Waals surface area contributed by atoms with Gasteiger partial charge in [-0.15, -0.1) is 0 Å². The van der Waals surface area contributed by atoms with Gasteiger partial charge >= 0.3 is 5.97 Å². The van der Waals surface area contributed by atoms with Crippen LogP contribution in [-0.2, 0) is 16.0 Å². The molecule has 26 heavy (non-hydrogen) atoms. The number of hydrogen-bond donors (Lipinski definition) is 1. The van der Waals surface area contributed by atoms with Crippen molar-refractivity contribution in [3.8, 4) is 0 Å². The van der Waals surface area contributed by atoms with Crippen LogP contribution in [0, 0.1) is 0 Å². The van der Waals surface area contributed by atoms with Crippen molar-refractivity contribution < 1.29 is 14.3 Å². The molecule has 0 aromatic heterocycles. The number of fused-ring (bicyclic) bond motifs is 1. The highest BCUT2D eigenvalue weighted by Crippen LogP contribution is 2.28. The van der Waals surface area contributed by atoms with E-state index in [1.54, 1.807) is 31.2 Å². The Balaban J connectivity index is 1.68. The topological polar surface area (TPSA) is 58.6 Å². The van der Waals surface area contributed by atoms with Gasteiger partial charge in [0.25, 0.3) is 0 Å². The van der Waals surface area contributed by atoms with E-state index in [4.69, 9.17) is 4.74 Å². The van der Waals surface area contributed by atoms with Gasteiger partial charge in [-0.05, 0) is 43.5 Å². The molecule has 0 bridgehead atoms. The van der Waals surface area contributed by atoms with Crippen molar-refractivity contribution >= 4 is 17.6 Å². The smallest absolute Gasteiger partial charge is 0.340 e. The molecule has 1 heterocycles. The molecular formula is C21H24N2O3. The van der Waals surface area contributed by atoms with E-state index in [1.807, 2.05) is 6.07 Å². The number of rotatable bonds is 5. The predicted octanol–water partition coefficient (Wildman–Crippen LogP) is 3.42. The zero-order chi connectivity index (χ0) is 18.5. The van der Waals surface area contributed by atoms with E-state index < -0.39 is 5.97 Å². The Morgan fingerprint density at radius 2 is 1.88 bits per heavy atom. The molecule has 1 unspecified atom stereocenters. The zero-order valence-electron chi connectivity index (χ0n) is 15.2. The highest BCUT2D eigenvalue weighted by Gasteiger charge is 2.25. The number of carbonyl (C=O) groups is 2. The van der Waals surface area contributed by atoms with Crippen LogP contribution in [-0.4, -0.2) is 36.5 Å². The minimum atomic E-state index is -0.427. The van der Waals surface area contributed by atoms with Gasteiger partial charge < -0.3 is 10.1 Å². The lowest BCUT2D eigenvalue weighted by atomic mass is 9.94. The number of anilines is 1. The van der Waals surface area contributed by atoms with Crippen LogP contribution in [0.1, 0.15) is 41.4 Å². The molecule has 0 saturated carbocycles. The normalized spacial score (nSPS) is 16.6. The molecule has 0 aliphatic carbocycles. The number of esters is 1. The Morgan fingerprint density at radius 3 is 2.69 bits per heavy atom. The molecule has 0 spiro atoms. The average molecular weight is 352 g/mol. The Kier molecular flexibility index (Phi) is 5.68. The summed E-state index contributed by atoms with van der Waals surface area (Å²) >= 11 is 0. The van der Waals surface area contributed by atoms with Gasteiger partial charge in [0.15, 0.2) is 0 Å². The molecule has 0 saturated heterocycles. The summed E-state index contributed by atoms with van der Waals surface area (Å²) in [5.74, 6) is -0.559. The van der Waals surface area contributed by atoms with Crippen molar-refractivity contribution in [2.75, 3.05) is 25.0 Å². The number of hydrogen-bond acceptors (Lipinski definition) is 4. The molecule has 5 nitrogen and oxygen atoms in total. The van der Waals surface area contributed by atoms with E-state index in [0.29, 0.717) is 17.9 Å². The van der Waals surface area contributed by atoms with Crippen molar-refractivity contribution in [2.24, 2.45) is 0 Å². The number of nitrogens with one attached hydrogen (secondary N) is 1. The molecular weight excluding hydrogens is 328 g/mol. The molecule has 3 rings (SSSR count). The molecule has 1 atom stereocenters. The van der Waals surface area contributed by atoms with Gasteiger partial charge in [0.2, 0.25) is 5.91 Å². The van der Waals surface area contributed by atoms with Crippen molar-refractivity contribution in [3.05, 3.63) is 65.2 Å². The third kappa shape index (κ3) is 3.94. The van der Waals surface area contributed by atoms with E-state index in [-0.39, 0.29) is 18.5 Å². The summed E-state index contributed by atoms with van der Waals surface area (Å²) in [6, 6.07) is 15.5. The Labute approximate surface area is 154 Å². The Hall–Kier alpha value is -2.66. The van der Waals surface area contributed by atoms with E-state index in [2.05, 4.69) is 35.3 Å². The summed E-state index contributed by atoms with van der Waals surface area (Å²) in [6.07, 6.45) is 0.938. The minimum absolute atomic E-state index is 0.132. The lowest BCUT2D eigenvalue weighted by Gasteiger charge is -2.34. The Morgan fingerprint density at radius 1 is 1.15 bits per heavy atom. The van der Waals surface area contributed by atoms with Gasteiger partial charge in [-0.2, -0.15) is 0 Å². The molecule has 5 heteroatoms. The Bertz CT molecular complexity index is 803. The summed E-state index contributed by atoms with van der Waals surface area (Å²) in [6.45, 7) is 5.30. The molecule has 0 fully saturated rings. The van der Waals surface area contributed by atoms with Crippen LogP contribution in [0.4, 0.5) is 5.69 Å². The average Bonchev–Trinajstić information content (AvgIpc) is 2.65. The van der Waals surface area contributed by atoms with Crippen LogP contribution in [0.25, 0.3) is 0 Å². The fraction of sp³-hybridized carbons (Fsp3) is 0.333. The highest BCUT2D eigenvalue weighted by atomic mass is 16.5. The summed E-state index contributed by atoms with van der Waals surface area (Å²) < 4.78 is 5.06. The zero-order valence-corrected chi connectivity index (χ0v) is 15.2. The first kappa shape index (κ1) is 18.1. The summed E-state index contributed by atoms with van der Waals surface area (Å²) in [5, 5.41) is 2.86. The van der Waals surface area contributed by atoms with Gasteiger partial charge in [0.05, 0.1) is 24.4 Å². The summed E-state index contributed by atoms with van der Waals surface area (Å²) in [7, 11) is 0. The second-order valence-electron chi connectivity index (χ2n) is 6.41. The van der Waals surface area contributed by atoms with Gasteiger partial charge in [-0.25, -0.2) is 4.79 Å². The fourth-order valence-corrected chi connectivity index (χ4v) is 3.39. The monoisotopic (exact) mass is 352 g/mol. The van der Waals surface area contributed by atoms with Crippen molar-refractivity contribution in [2.45, 2.75) is 26.3 Å². The second-order valence-corrected chi connectivity index (χ2v) is 6.41. The maximum absolute atomic E-state index is 12.6. The standard InChI is InChI=1S/C21H24N2O3/c1-3-26-21(25)18-10-6-7-11-19(18)22-20(24)14-23-13-12-16-8-4-5-9-17(16)15(23)2/h4-11,15H,3,12-14H2,1-2H3,(H,22,24). The predicted molar refractivity (Wildman–Crippen MR) is 101 cm³/mol. The van der Waals surface area contributed by atoms with Crippen LogP contribution < -0.4 is 5.32 Å². The molecule has 1 N–H and O–H groups in total. The number of carbonyl (C=O) groups excluding carboxylic acids is 2. The van der Waals surface area contributed by atoms with Crippen LogP contribution in [0.3, 0.4) is 0 Å². The van der Waals surface area contributed by atoms with Crippen molar-refractivity contribution in [1.82, 2.24) is 4.90 Å². The molecule has 136 valence electrons. The van der Waals surface area contributed by atoms with Crippen LogP contribution >= 0.6 is 0 Å². The van der Waals surface area contributed by atoms with E-state index in [0.717, 1.165) is 13.0 Å². The van der Waals surface area contributed by atoms with E-state index >= 15 is 0 Å². The molecule has 1 amide bonds.